The number of aromatic nitrogens is 1. The SMILES string of the molecule is COc1ccc(NCc2cn(Cc3ccccc3Cl)c3ccccc23)cc1. The Balaban J connectivity index is 1.60. The van der Waals surface area contributed by atoms with Crippen LogP contribution in [0.25, 0.3) is 10.9 Å². The summed E-state index contributed by atoms with van der Waals surface area (Å²) in [6.45, 7) is 1.51. The molecule has 1 aromatic heterocycles. The van der Waals surface area contributed by atoms with E-state index >= 15 is 0 Å². The van der Waals surface area contributed by atoms with Crippen LogP contribution in [0.2, 0.25) is 5.02 Å². The lowest BCUT2D eigenvalue weighted by Gasteiger charge is -2.07. The molecule has 0 aliphatic heterocycles. The number of rotatable bonds is 6. The largest absolute Gasteiger partial charge is 0.497 e. The minimum absolute atomic E-state index is 0.752. The number of benzene rings is 3. The van der Waals surface area contributed by atoms with Gasteiger partial charge < -0.3 is 14.6 Å². The van der Waals surface area contributed by atoms with Gasteiger partial charge in [-0.15, -0.1) is 0 Å². The molecule has 0 amide bonds. The zero-order valence-electron chi connectivity index (χ0n) is 15.2. The molecule has 1 N–H and O–H groups in total. The van der Waals surface area contributed by atoms with E-state index in [1.165, 1.54) is 16.5 Å². The predicted octanol–water partition coefficient (Wildman–Crippen LogP) is 5.96. The zero-order valence-corrected chi connectivity index (χ0v) is 15.9. The van der Waals surface area contributed by atoms with Gasteiger partial charge >= 0.3 is 0 Å². The molecule has 0 bridgehead atoms. The first-order valence-electron chi connectivity index (χ1n) is 8.92. The van der Waals surface area contributed by atoms with Crippen molar-refractivity contribution in [1.82, 2.24) is 4.57 Å². The molecule has 4 heteroatoms. The Labute approximate surface area is 164 Å². The summed E-state index contributed by atoms with van der Waals surface area (Å²) < 4.78 is 7.48. The van der Waals surface area contributed by atoms with E-state index in [2.05, 4.69) is 46.4 Å². The van der Waals surface area contributed by atoms with Gasteiger partial charge in [-0.1, -0.05) is 48.0 Å². The van der Waals surface area contributed by atoms with Crippen molar-refractivity contribution in [3.63, 3.8) is 0 Å². The van der Waals surface area contributed by atoms with E-state index in [1.54, 1.807) is 7.11 Å². The van der Waals surface area contributed by atoms with Crippen molar-refractivity contribution >= 4 is 28.2 Å². The lowest BCUT2D eigenvalue weighted by molar-refractivity contribution is 0.415. The number of halogens is 1. The van der Waals surface area contributed by atoms with E-state index in [9.17, 15) is 0 Å². The van der Waals surface area contributed by atoms with Crippen LogP contribution in [0.1, 0.15) is 11.1 Å². The number of nitrogens with one attached hydrogen (secondary N) is 1. The van der Waals surface area contributed by atoms with Crippen LogP contribution in [-0.2, 0) is 13.1 Å². The van der Waals surface area contributed by atoms with Gasteiger partial charge in [-0.2, -0.15) is 0 Å². The Hall–Kier alpha value is -2.91. The number of fused-ring (bicyclic) bond motifs is 1. The molecule has 27 heavy (non-hydrogen) atoms. The second-order valence-electron chi connectivity index (χ2n) is 6.47. The monoisotopic (exact) mass is 376 g/mol. The van der Waals surface area contributed by atoms with Crippen LogP contribution in [0.4, 0.5) is 5.69 Å². The second kappa shape index (κ2) is 7.77. The topological polar surface area (TPSA) is 26.2 Å². The van der Waals surface area contributed by atoms with Crippen LogP contribution in [0.5, 0.6) is 5.75 Å². The summed E-state index contributed by atoms with van der Waals surface area (Å²) in [5.41, 5.74) is 4.66. The first-order chi connectivity index (χ1) is 13.2. The summed E-state index contributed by atoms with van der Waals surface area (Å²) in [5, 5.41) is 5.55. The summed E-state index contributed by atoms with van der Waals surface area (Å²) in [5.74, 6) is 0.858. The fourth-order valence-electron chi connectivity index (χ4n) is 3.31. The van der Waals surface area contributed by atoms with E-state index in [4.69, 9.17) is 16.3 Å². The number of methoxy groups -OCH3 is 1. The molecule has 0 radical (unpaired) electrons. The lowest BCUT2D eigenvalue weighted by Crippen LogP contribution is -2.00. The summed E-state index contributed by atoms with van der Waals surface area (Å²) in [4.78, 5) is 0. The molecule has 0 fully saturated rings. The molecule has 136 valence electrons. The van der Waals surface area contributed by atoms with E-state index in [0.29, 0.717) is 0 Å². The number of ether oxygens (including phenoxy) is 1. The fourth-order valence-corrected chi connectivity index (χ4v) is 3.51. The highest BCUT2D eigenvalue weighted by molar-refractivity contribution is 6.31. The van der Waals surface area contributed by atoms with Crippen molar-refractivity contribution in [1.29, 1.82) is 0 Å². The Bertz CT molecular complexity index is 1050. The van der Waals surface area contributed by atoms with Crippen molar-refractivity contribution in [3.05, 3.63) is 95.1 Å². The van der Waals surface area contributed by atoms with Crippen LogP contribution < -0.4 is 10.1 Å². The zero-order chi connectivity index (χ0) is 18.6. The number of anilines is 1. The molecule has 0 aliphatic rings. The van der Waals surface area contributed by atoms with Gasteiger partial charge in [-0.25, -0.2) is 0 Å². The van der Waals surface area contributed by atoms with Gasteiger partial charge in [0.25, 0.3) is 0 Å². The average Bonchev–Trinajstić information content (AvgIpc) is 3.06. The van der Waals surface area contributed by atoms with Crippen LogP contribution >= 0.6 is 11.6 Å². The van der Waals surface area contributed by atoms with Gasteiger partial charge in [0.2, 0.25) is 0 Å². The molecule has 0 unspecified atom stereocenters. The van der Waals surface area contributed by atoms with E-state index in [0.717, 1.165) is 35.1 Å². The number of hydrogen-bond acceptors (Lipinski definition) is 2. The highest BCUT2D eigenvalue weighted by Crippen LogP contribution is 2.25. The Morgan fingerprint density at radius 3 is 2.41 bits per heavy atom. The molecular formula is C23H21ClN2O. The quantitative estimate of drug-likeness (QED) is 0.449. The second-order valence-corrected chi connectivity index (χ2v) is 6.88. The standard InChI is InChI=1S/C23H21ClN2O/c1-27-20-12-10-19(11-13-20)25-14-18-16-26(23-9-5-3-7-21(18)23)15-17-6-2-4-8-22(17)24/h2-13,16,25H,14-15H2,1H3. The van der Waals surface area contributed by atoms with Gasteiger partial charge in [0.15, 0.2) is 0 Å². The maximum atomic E-state index is 6.36. The molecule has 4 rings (SSSR count). The van der Waals surface area contributed by atoms with Crippen LogP contribution in [0.3, 0.4) is 0 Å². The van der Waals surface area contributed by atoms with E-state index in [1.807, 2.05) is 42.5 Å². The molecule has 0 aliphatic carbocycles. The Kier molecular flexibility index (Phi) is 5.03. The van der Waals surface area contributed by atoms with E-state index < -0.39 is 0 Å². The average molecular weight is 377 g/mol. The molecule has 4 aromatic rings. The highest BCUT2D eigenvalue weighted by Gasteiger charge is 2.09. The van der Waals surface area contributed by atoms with Crippen LogP contribution in [-0.4, -0.2) is 11.7 Å². The van der Waals surface area contributed by atoms with Gasteiger partial charge in [0.1, 0.15) is 5.75 Å². The predicted molar refractivity (Wildman–Crippen MR) is 113 cm³/mol. The molecule has 3 aromatic carbocycles. The Morgan fingerprint density at radius 1 is 0.889 bits per heavy atom. The van der Waals surface area contributed by atoms with Gasteiger partial charge in [-0.3, -0.25) is 0 Å². The molecule has 0 atom stereocenters. The van der Waals surface area contributed by atoms with Crippen molar-refractivity contribution in [2.75, 3.05) is 12.4 Å². The number of hydrogen-bond donors (Lipinski definition) is 1. The summed E-state index contributed by atoms with van der Waals surface area (Å²) in [7, 11) is 1.68. The molecule has 0 saturated heterocycles. The van der Waals surface area contributed by atoms with Crippen molar-refractivity contribution in [2.45, 2.75) is 13.1 Å². The maximum absolute atomic E-state index is 6.36. The van der Waals surface area contributed by atoms with Crippen molar-refractivity contribution in [2.24, 2.45) is 0 Å². The fraction of sp³-hybridized carbons (Fsp3) is 0.130. The first-order valence-corrected chi connectivity index (χ1v) is 9.30. The minimum atomic E-state index is 0.752. The molecular weight excluding hydrogens is 356 g/mol. The van der Waals surface area contributed by atoms with Crippen LogP contribution in [0.15, 0.2) is 79.0 Å². The molecule has 1 heterocycles. The lowest BCUT2D eigenvalue weighted by atomic mass is 10.1. The number of nitrogens with zero attached hydrogens (tertiary/aromatic N) is 1. The van der Waals surface area contributed by atoms with Gasteiger partial charge in [0.05, 0.1) is 7.11 Å². The summed E-state index contributed by atoms with van der Waals surface area (Å²) >= 11 is 6.36. The van der Waals surface area contributed by atoms with Gasteiger partial charge in [-0.05, 0) is 47.5 Å². The van der Waals surface area contributed by atoms with Crippen molar-refractivity contribution < 1.29 is 4.74 Å². The third kappa shape index (κ3) is 3.79. The molecule has 3 nitrogen and oxygen atoms in total. The highest BCUT2D eigenvalue weighted by atomic mass is 35.5. The smallest absolute Gasteiger partial charge is 0.119 e. The molecule has 0 saturated carbocycles. The van der Waals surface area contributed by atoms with E-state index in [-0.39, 0.29) is 0 Å². The first kappa shape index (κ1) is 17.5. The third-order valence-electron chi connectivity index (χ3n) is 4.74. The Morgan fingerprint density at radius 2 is 1.63 bits per heavy atom. The van der Waals surface area contributed by atoms with Crippen molar-refractivity contribution in [3.8, 4) is 5.75 Å². The third-order valence-corrected chi connectivity index (χ3v) is 5.11. The summed E-state index contributed by atoms with van der Waals surface area (Å²) in [6.07, 6.45) is 2.21. The van der Waals surface area contributed by atoms with Crippen LogP contribution in [0, 0.1) is 0 Å². The molecule has 0 spiro atoms. The summed E-state index contributed by atoms with van der Waals surface area (Å²) in [6, 6.07) is 24.5. The minimum Gasteiger partial charge on any atom is -0.497 e. The number of para-hydroxylation sites is 1. The normalized spacial score (nSPS) is 10.9. The van der Waals surface area contributed by atoms with Gasteiger partial charge in [0, 0.05) is 40.9 Å². The maximum Gasteiger partial charge on any atom is 0.119 e.